The molecule has 3 rings (SSSR count). The number of hydrogen-bond donors (Lipinski definition) is 1. The third kappa shape index (κ3) is 3.22. The topological polar surface area (TPSA) is 82.6 Å². The van der Waals surface area contributed by atoms with E-state index in [0.29, 0.717) is 17.8 Å². The van der Waals surface area contributed by atoms with Gasteiger partial charge in [-0.3, -0.25) is 18.8 Å². The first-order valence-corrected chi connectivity index (χ1v) is 7.98. The monoisotopic (exact) mass is 327 g/mol. The first-order chi connectivity index (χ1) is 11.6. The molecule has 1 amide bonds. The molecule has 24 heavy (non-hydrogen) atoms. The highest BCUT2D eigenvalue weighted by atomic mass is 16.1. The highest BCUT2D eigenvalue weighted by Gasteiger charge is 2.14. The number of anilines is 1. The zero-order valence-electron chi connectivity index (χ0n) is 14.1. The van der Waals surface area contributed by atoms with E-state index in [-0.39, 0.29) is 5.91 Å². The van der Waals surface area contributed by atoms with Crippen molar-refractivity contribution in [2.75, 3.05) is 5.32 Å². The van der Waals surface area contributed by atoms with E-state index < -0.39 is 0 Å². The zero-order chi connectivity index (χ0) is 17.1. The Balaban J connectivity index is 1.67. The van der Waals surface area contributed by atoms with Crippen LogP contribution in [0.25, 0.3) is 0 Å². The minimum Gasteiger partial charge on any atom is -0.319 e. The lowest BCUT2D eigenvalue weighted by Gasteiger charge is -2.03. The van der Waals surface area contributed by atoms with Crippen molar-refractivity contribution in [1.29, 1.82) is 0 Å². The summed E-state index contributed by atoms with van der Waals surface area (Å²) in [6, 6.07) is 0. The summed E-state index contributed by atoms with van der Waals surface area (Å²) >= 11 is 0. The molecule has 3 heterocycles. The van der Waals surface area contributed by atoms with Crippen molar-refractivity contribution in [3.8, 4) is 0 Å². The van der Waals surface area contributed by atoms with E-state index in [4.69, 9.17) is 0 Å². The van der Waals surface area contributed by atoms with Crippen LogP contribution < -0.4 is 5.32 Å². The van der Waals surface area contributed by atoms with E-state index in [1.807, 2.05) is 37.8 Å². The Kier molecular flexibility index (Phi) is 4.45. The highest BCUT2D eigenvalue weighted by molar-refractivity contribution is 6.04. The van der Waals surface area contributed by atoms with Crippen molar-refractivity contribution >= 4 is 11.6 Å². The van der Waals surface area contributed by atoms with Crippen LogP contribution in [0.2, 0.25) is 0 Å². The molecule has 0 aromatic carbocycles. The minimum atomic E-state index is -0.175. The molecule has 0 radical (unpaired) electrons. The number of rotatable bonds is 6. The predicted octanol–water partition coefficient (Wildman–Crippen LogP) is 1.92. The normalized spacial score (nSPS) is 11.0. The minimum absolute atomic E-state index is 0.175. The standard InChI is InChI=1S/C16H21N7O/c1-4-21-9-13(6-17-21)10-22-11-14(7-18-22)20-16(24)15-8-19-23(5-2)12(15)3/h6-9,11H,4-5,10H2,1-3H3,(H,20,24). The van der Waals surface area contributed by atoms with Gasteiger partial charge in [-0.15, -0.1) is 0 Å². The summed E-state index contributed by atoms with van der Waals surface area (Å²) in [6.07, 6.45) is 8.86. The van der Waals surface area contributed by atoms with Gasteiger partial charge in [-0.1, -0.05) is 0 Å². The van der Waals surface area contributed by atoms with E-state index in [2.05, 4.69) is 20.6 Å². The van der Waals surface area contributed by atoms with Crippen molar-refractivity contribution in [3.63, 3.8) is 0 Å². The van der Waals surface area contributed by atoms with Gasteiger partial charge in [0.25, 0.3) is 5.91 Å². The number of aromatic nitrogens is 6. The lowest BCUT2D eigenvalue weighted by atomic mass is 10.2. The molecule has 0 bridgehead atoms. The summed E-state index contributed by atoms with van der Waals surface area (Å²) in [5.41, 5.74) is 3.16. The summed E-state index contributed by atoms with van der Waals surface area (Å²) in [4.78, 5) is 12.4. The van der Waals surface area contributed by atoms with Crippen LogP contribution in [0, 0.1) is 6.92 Å². The number of carbonyl (C=O) groups excluding carboxylic acids is 1. The molecule has 3 aromatic rings. The predicted molar refractivity (Wildman–Crippen MR) is 89.8 cm³/mol. The molecule has 8 nitrogen and oxygen atoms in total. The van der Waals surface area contributed by atoms with Gasteiger partial charge in [-0.25, -0.2) is 0 Å². The van der Waals surface area contributed by atoms with E-state index in [0.717, 1.165) is 24.3 Å². The SMILES string of the molecule is CCn1cc(Cn2cc(NC(=O)c3cnn(CC)c3C)cn2)cn1. The smallest absolute Gasteiger partial charge is 0.259 e. The van der Waals surface area contributed by atoms with Gasteiger partial charge < -0.3 is 5.32 Å². The fraction of sp³-hybridized carbons (Fsp3) is 0.375. The maximum Gasteiger partial charge on any atom is 0.259 e. The van der Waals surface area contributed by atoms with Gasteiger partial charge >= 0.3 is 0 Å². The Morgan fingerprint density at radius 3 is 2.50 bits per heavy atom. The molecule has 0 fully saturated rings. The largest absolute Gasteiger partial charge is 0.319 e. The summed E-state index contributed by atoms with van der Waals surface area (Å²) in [5, 5.41) is 15.6. The molecule has 0 unspecified atom stereocenters. The Hall–Kier alpha value is -2.90. The van der Waals surface area contributed by atoms with Crippen LogP contribution in [-0.2, 0) is 19.6 Å². The van der Waals surface area contributed by atoms with Crippen LogP contribution in [0.5, 0.6) is 0 Å². The van der Waals surface area contributed by atoms with Gasteiger partial charge in [0, 0.05) is 36.7 Å². The summed E-state index contributed by atoms with van der Waals surface area (Å²) in [6.45, 7) is 8.12. The lowest BCUT2D eigenvalue weighted by Crippen LogP contribution is -2.13. The van der Waals surface area contributed by atoms with Crippen molar-refractivity contribution < 1.29 is 4.79 Å². The molecule has 0 aliphatic carbocycles. The van der Waals surface area contributed by atoms with Crippen LogP contribution in [-0.4, -0.2) is 35.2 Å². The first kappa shape index (κ1) is 16.0. The Bertz CT molecular complexity index is 842. The van der Waals surface area contributed by atoms with Crippen molar-refractivity contribution in [2.24, 2.45) is 0 Å². The maximum atomic E-state index is 12.4. The third-order valence-electron chi connectivity index (χ3n) is 3.89. The third-order valence-corrected chi connectivity index (χ3v) is 3.89. The fourth-order valence-corrected chi connectivity index (χ4v) is 2.55. The van der Waals surface area contributed by atoms with Crippen molar-refractivity contribution in [1.82, 2.24) is 29.3 Å². The van der Waals surface area contributed by atoms with Gasteiger partial charge in [0.15, 0.2) is 0 Å². The van der Waals surface area contributed by atoms with E-state index in [9.17, 15) is 4.79 Å². The van der Waals surface area contributed by atoms with Crippen LogP contribution in [0.3, 0.4) is 0 Å². The van der Waals surface area contributed by atoms with Gasteiger partial charge in [0.2, 0.25) is 0 Å². The van der Waals surface area contributed by atoms with E-state index in [1.165, 1.54) is 0 Å². The average molecular weight is 327 g/mol. The second kappa shape index (κ2) is 6.69. The van der Waals surface area contributed by atoms with Gasteiger partial charge in [-0.05, 0) is 20.8 Å². The number of aryl methyl sites for hydroxylation is 2. The Morgan fingerprint density at radius 2 is 1.83 bits per heavy atom. The average Bonchev–Trinajstić information content (AvgIpc) is 3.28. The zero-order valence-corrected chi connectivity index (χ0v) is 14.1. The fourth-order valence-electron chi connectivity index (χ4n) is 2.55. The molecule has 0 aliphatic heterocycles. The Morgan fingerprint density at radius 1 is 1.04 bits per heavy atom. The van der Waals surface area contributed by atoms with Crippen LogP contribution in [0.15, 0.2) is 31.0 Å². The molecule has 0 spiro atoms. The molecule has 8 heteroatoms. The van der Waals surface area contributed by atoms with Gasteiger partial charge in [-0.2, -0.15) is 15.3 Å². The molecule has 0 atom stereocenters. The number of amides is 1. The molecular weight excluding hydrogens is 306 g/mol. The Labute approximate surface area is 140 Å². The van der Waals surface area contributed by atoms with Gasteiger partial charge in [0.05, 0.1) is 36.4 Å². The molecular formula is C16H21N7O. The number of carbonyl (C=O) groups is 1. The highest BCUT2D eigenvalue weighted by Crippen LogP contribution is 2.12. The number of nitrogens with zero attached hydrogens (tertiary/aromatic N) is 6. The lowest BCUT2D eigenvalue weighted by molar-refractivity contribution is 0.102. The van der Waals surface area contributed by atoms with Crippen molar-refractivity contribution in [3.05, 3.63) is 47.8 Å². The molecule has 1 N–H and O–H groups in total. The van der Waals surface area contributed by atoms with E-state index >= 15 is 0 Å². The summed E-state index contributed by atoms with van der Waals surface area (Å²) in [7, 11) is 0. The molecule has 0 saturated heterocycles. The van der Waals surface area contributed by atoms with Gasteiger partial charge in [0.1, 0.15) is 0 Å². The molecule has 3 aromatic heterocycles. The summed E-state index contributed by atoms with van der Waals surface area (Å²) in [5.74, 6) is -0.175. The number of nitrogens with one attached hydrogen (secondary N) is 1. The molecule has 0 aliphatic rings. The number of hydrogen-bond acceptors (Lipinski definition) is 4. The second-order valence-corrected chi connectivity index (χ2v) is 5.54. The first-order valence-electron chi connectivity index (χ1n) is 7.98. The van der Waals surface area contributed by atoms with Crippen LogP contribution in [0.4, 0.5) is 5.69 Å². The van der Waals surface area contributed by atoms with Crippen LogP contribution in [0.1, 0.15) is 35.5 Å². The summed E-state index contributed by atoms with van der Waals surface area (Å²) < 4.78 is 5.44. The second-order valence-electron chi connectivity index (χ2n) is 5.54. The van der Waals surface area contributed by atoms with Crippen molar-refractivity contribution in [2.45, 2.75) is 40.4 Å². The maximum absolute atomic E-state index is 12.4. The molecule has 0 saturated carbocycles. The molecule has 126 valence electrons. The van der Waals surface area contributed by atoms with Crippen LogP contribution >= 0.6 is 0 Å². The quantitative estimate of drug-likeness (QED) is 0.750. The van der Waals surface area contributed by atoms with E-state index in [1.54, 1.807) is 28.0 Å².